The van der Waals surface area contributed by atoms with Crippen molar-refractivity contribution >= 4 is 34.4 Å². The minimum Gasteiger partial charge on any atom is -0.349 e. The molecule has 0 aliphatic carbocycles. The van der Waals surface area contributed by atoms with Crippen LogP contribution >= 0.6 is 11.6 Å². The van der Waals surface area contributed by atoms with Crippen LogP contribution in [0.1, 0.15) is 57.4 Å². The van der Waals surface area contributed by atoms with E-state index < -0.39 is 5.69 Å². The van der Waals surface area contributed by atoms with Crippen LogP contribution in [0, 0.1) is 18.8 Å². The number of carbonyl (C=O) groups is 1. The number of pyridine rings is 2. The molecule has 4 heterocycles. The lowest BCUT2D eigenvalue weighted by Gasteiger charge is -2.44. The normalized spacial score (nSPS) is 16.7. The predicted octanol–water partition coefficient (Wildman–Crippen LogP) is 5.91. The maximum Gasteiger partial charge on any atom is 0.355 e. The van der Waals surface area contributed by atoms with Crippen LogP contribution in [0.5, 0.6) is 0 Å². The molecule has 4 aromatic rings. The highest BCUT2D eigenvalue weighted by Crippen LogP contribution is 2.36. The fraction of sp³-hybridized carbons (Fsp3) is 0.324. The van der Waals surface area contributed by atoms with Crippen molar-refractivity contribution in [2.75, 3.05) is 18.0 Å². The number of carbonyl (C=O) groups excluding carboxylic acids is 1. The highest BCUT2D eigenvalue weighted by molar-refractivity contribution is 6.33. The van der Waals surface area contributed by atoms with Gasteiger partial charge in [-0.2, -0.15) is 4.98 Å². The van der Waals surface area contributed by atoms with E-state index in [9.17, 15) is 9.59 Å². The molecule has 5 rings (SSSR count). The molecule has 8 nitrogen and oxygen atoms in total. The third kappa shape index (κ3) is 5.53. The van der Waals surface area contributed by atoms with E-state index in [4.69, 9.17) is 16.6 Å². The summed E-state index contributed by atoms with van der Waals surface area (Å²) in [5.74, 6) is 6.43. The Kier molecular flexibility index (Phi) is 8.38. The van der Waals surface area contributed by atoms with Crippen LogP contribution in [0.25, 0.3) is 28.0 Å². The van der Waals surface area contributed by atoms with Gasteiger partial charge in [0.25, 0.3) is 0 Å². The maximum absolute atomic E-state index is 14.1. The smallest absolute Gasteiger partial charge is 0.349 e. The molecule has 1 fully saturated rings. The zero-order valence-corrected chi connectivity index (χ0v) is 26.1. The largest absolute Gasteiger partial charge is 0.355 e. The van der Waals surface area contributed by atoms with E-state index >= 15 is 0 Å². The maximum atomic E-state index is 14.1. The SMILES string of the molecule is C=CC(=O)N1CC(C)N(c2nc(=O)n(-c3c(C)ccnc3C(C)C)c3nc(-c4cccc(C#CC)c4)c(Cl)cc23)CC1C. The van der Waals surface area contributed by atoms with E-state index in [1.165, 1.54) is 6.08 Å². The van der Waals surface area contributed by atoms with Gasteiger partial charge in [-0.15, -0.1) is 5.92 Å². The molecule has 3 aromatic heterocycles. The average Bonchev–Trinajstić information content (AvgIpc) is 2.98. The Hall–Kier alpha value is -4.48. The number of halogens is 1. The van der Waals surface area contributed by atoms with E-state index in [1.54, 1.807) is 22.6 Å². The quantitative estimate of drug-likeness (QED) is 0.211. The standard InChI is InChI=1S/C34H35ClN6O2/c1-8-11-24-12-10-13-25(16-24)30-27(35)17-26-32(40-19-22(6)39(18-23(40)7)28(42)9-2)38-34(43)41(33(26)37-30)31-21(5)14-15-36-29(31)20(3)4/h9-10,12-17,20,22-23H,2,18-19H2,1,3-7H3. The molecule has 43 heavy (non-hydrogen) atoms. The van der Waals surface area contributed by atoms with E-state index in [0.717, 1.165) is 22.4 Å². The monoisotopic (exact) mass is 594 g/mol. The molecule has 0 radical (unpaired) electrons. The molecule has 1 aliphatic rings. The minimum atomic E-state index is -0.462. The molecule has 1 saturated heterocycles. The number of aromatic nitrogens is 4. The van der Waals surface area contributed by atoms with E-state index in [-0.39, 0.29) is 23.9 Å². The van der Waals surface area contributed by atoms with Gasteiger partial charge in [0.2, 0.25) is 5.91 Å². The molecule has 1 aromatic carbocycles. The number of piperazine rings is 1. The number of fused-ring (bicyclic) bond motifs is 1. The summed E-state index contributed by atoms with van der Waals surface area (Å²) in [5, 5.41) is 1.06. The Bertz CT molecular complexity index is 1870. The van der Waals surface area contributed by atoms with E-state index in [1.807, 2.05) is 71.0 Å². The third-order valence-electron chi connectivity index (χ3n) is 7.85. The Balaban J connectivity index is 1.82. The zero-order chi connectivity index (χ0) is 31.0. The number of benzene rings is 1. The third-order valence-corrected chi connectivity index (χ3v) is 8.14. The second kappa shape index (κ2) is 12.0. The first-order chi connectivity index (χ1) is 20.5. The first kappa shape index (κ1) is 30.0. The molecule has 2 atom stereocenters. The molecular formula is C34H35ClN6O2. The Morgan fingerprint density at radius 1 is 1.14 bits per heavy atom. The molecule has 9 heteroatoms. The van der Waals surface area contributed by atoms with Gasteiger partial charge >= 0.3 is 5.69 Å². The summed E-state index contributed by atoms with van der Waals surface area (Å²) in [6.07, 6.45) is 3.09. The summed E-state index contributed by atoms with van der Waals surface area (Å²) >= 11 is 6.97. The van der Waals surface area contributed by atoms with Gasteiger partial charge < -0.3 is 9.80 Å². The highest BCUT2D eigenvalue weighted by atomic mass is 35.5. The lowest BCUT2D eigenvalue weighted by Crippen LogP contribution is -2.58. The van der Waals surface area contributed by atoms with Gasteiger partial charge in [-0.3, -0.25) is 9.78 Å². The highest BCUT2D eigenvalue weighted by Gasteiger charge is 2.34. The van der Waals surface area contributed by atoms with Gasteiger partial charge in [-0.1, -0.05) is 50.1 Å². The Labute approximate surface area is 257 Å². The van der Waals surface area contributed by atoms with Gasteiger partial charge in [-0.05, 0) is 69.5 Å². The fourth-order valence-electron chi connectivity index (χ4n) is 5.75. The van der Waals surface area contributed by atoms with Crippen molar-refractivity contribution in [3.8, 4) is 28.8 Å². The lowest BCUT2D eigenvalue weighted by molar-refractivity contribution is -0.128. The fourth-order valence-corrected chi connectivity index (χ4v) is 6.01. The Morgan fingerprint density at radius 3 is 2.60 bits per heavy atom. The number of rotatable bonds is 5. The molecule has 1 aliphatic heterocycles. The topological polar surface area (TPSA) is 84.2 Å². The molecule has 0 spiro atoms. The summed E-state index contributed by atoms with van der Waals surface area (Å²) in [7, 11) is 0. The number of aryl methyl sites for hydroxylation is 1. The number of anilines is 1. The van der Waals surface area contributed by atoms with Gasteiger partial charge in [0, 0.05) is 42.5 Å². The molecule has 0 N–H and O–H groups in total. The van der Waals surface area contributed by atoms with Crippen molar-refractivity contribution < 1.29 is 4.79 Å². The van der Waals surface area contributed by atoms with Crippen LogP contribution in [-0.2, 0) is 4.79 Å². The number of nitrogens with zero attached hydrogens (tertiary/aromatic N) is 6. The summed E-state index contributed by atoms with van der Waals surface area (Å²) in [6, 6.07) is 11.2. The van der Waals surface area contributed by atoms with Crippen molar-refractivity contribution in [3.05, 3.63) is 87.6 Å². The lowest BCUT2D eigenvalue weighted by atomic mass is 10.0. The molecule has 2 unspecified atom stereocenters. The average molecular weight is 595 g/mol. The van der Waals surface area contributed by atoms with Crippen molar-refractivity contribution in [1.29, 1.82) is 0 Å². The van der Waals surface area contributed by atoms with Crippen LogP contribution in [0.15, 0.2) is 60.0 Å². The van der Waals surface area contributed by atoms with Crippen molar-refractivity contribution in [3.63, 3.8) is 0 Å². The minimum absolute atomic E-state index is 0.0453. The summed E-state index contributed by atoms with van der Waals surface area (Å²) < 4.78 is 1.57. The first-order valence-corrected chi connectivity index (χ1v) is 14.8. The van der Waals surface area contributed by atoms with Crippen LogP contribution < -0.4 is 10.6 Å². The number of hydrogen-bond acceptors (Lipinski definition) is 6. The summed E-state index contributed by atoms with van der Waals surface area (Å²) in [5.41, 5.74) is 4.46. The first-order valence-electron chi connectivity index (χ1n) is 14.4. The molecule has 1 amide bonds. The number of hydrogen-bond donors (Lipinski definition) is 0. The van der Waals surface area contributed by atoms with Crippen LogP contribution in [0.3, 0.4) is 0 Å². The van der Waals surface area contributed by atoms with Gasteiger partial charge in [0.05, 0.1) is 27.5 Å². The van der Waals surface area contributed by atoms with E-state index in [0.29, 0.717) is 46.3 Å². The van der Waals surface area contributed by atoms with Crippen LogP contribution in [0.4, 0.5) is 5.82 Å². The summed E-state index contributed by atoms with van der Waals surface area (Å²) in [4.78, 5) is 44.9. The predicted molar refractivity (Wildman–Crippen MR) is 173 cm³/mol. The Morgan fingerprint density at radius 2 is 1.91 bits per heavy atom. The van der Waals surface area contributed by atoms with Gasteiger partial charge in [-0.25, -0.2) is 14.3 Å². The molecule has 220 valence electrons. The number of amides is 1. The van der Waals surface area contributed by atoms with E-state index in [2.05, 4.69) is 33.3 Å². The molecule has 0 bridgehead atoms. The van der Waals surface area contributed by atoms with Crippen LogP contribution in [-0.4, -0.2) is 55.5 Å². The van der Waals surface area contributed by atoms with Gasteiger partial charge in [0.1, 0.15) is 5.82 Å². The molecular weight excluding hydrogens is 560 g/mol. The second-order valence-electron chi connectivity index (χ2n) is 11.3. The zero-order valence-electron chi connectivity index (χ0n) is 25.3. The van der Waals surface area contributed by atoms with Gasteiger partial charge in [0.15, 0.2) is 5.65 Å². The van der Waals surface area contributed by atoms with Crippen molar-refractivity contribution in [2.24, 2.45) is 0 Å². The second-order valence-corrected chi connectivity index (χ2v) is 11.7. The summed E-state index contributed by atoms with van der Waals surface area (Å²) in [6.45, 7) is 16.4. The molecule has 0 saturated carbocycles. The van der Waals surface area contributed by atoms with Crippen molar-refractivity contribution in [2.45, 2.75) is 59.5 Å². The van der Waals surface area contributed by atoms with Crippen molar-refractivity contribution in [1.82, 2.24) is 24.4 Å². The van der Waals surface area contributed by atoms with Crippen LogP contribution in [0.2, 0.25) is 5.02 Å².